The molecule has 1 unspecified atom stereocenters. The molecule has 1 fully saturated rings. The summed E-state index contributed by atoms with van der Waals surface area (Å²) in [5.41, 5.74) is 3.56. The Kier molecular flexibility index (Phi) is 8.82. The number of aryl methyl sites for hydroxylation is 1. The summed E-state index contributed by atoms with van der Waals surface area (Å²) in [4.78, 5) is 17.8. The number of sulfonamides is 1. The van der Waals surface area contributed by atoms with Crippen LogP contribution in [-0.2, 0) is 16.4 Å². The Morgan fingerprint density at radius 2 is 1.66 bits per heavy atom. The zero-order valence-corrected chi connectivity index (χ0v) is 24.7. The number of amides is 1. The third-order valence-corrected chi connectivity index (χ3v) is 9.45. The molecule has 1 atom stereocenters. The lowest BCUT2D eigenvalue weighted by molar-refractivity contribution is 0.102. The summed E-state index contributed by atoms with van der Waals surface area (Å²) < 4.78 is 41.8. The van der Waals surface area contributed by atoms with E-state index in [9.17, 15) is 13.2 Å². The maximum atomic E-state index is 14.1. The molecule has 1 saturated heterocycles. The molecule has 1 amide bonds. The van der Waals surface area contributed by atoms with Crippen LogP contribution in [0.3, 0.4) is 0 Å². The van der Waals surface area contributed by atoms with Crippen LogP contribution in [0.2, 0.25) is 0 Å². The Bertz CT molecular complexity index is 1480. The number of rotatable bonds is 9. The van der Waals surface area contributed by atoms with Gasteiger partial charge in [-0.25, -0.2) is 13.1 Å². The van der Waals surface area contributed by atoms with Crippen molar-refractivity contribution in [2.75, 3.05) is 57.2 Å². The van der Waals surface area contributed by atoms with Gasteiger partial charge >= 0.3 is 0 Å². The van der Waals surface area contributed by atoms with Crippen LogP contribution < -0.4 is 24.4 Å². The molecule has 1 heterocycles. The largest absolute Gasteiger partial charge is 0.497 e. The number of methoxy groups -OCH3 is 2. The molecule has 0 spiro atoms. The van der Waals surface area contributed by atoms with Gasteiger partial charge in [0.15, 0.2) is 0 Å². The maximum Gasteiger partial charge on any atom is 0.255 e. The maximum absolute atomic E-state index is 14.1. The highest BCUT2D eigenvalue weighted by Crippen LogP contribution is 2.34. The Morgan fingerprint density at radius 3 is 2.34 bits per heavy atom. The smallest absolute Gasteiger partial charge is 0.255 e. The number of hydrogen-bond acceptors (Lipinski definition) is 7. The lowest BCUT2D eigenvalue weighted by Crippen LogP contribution is -2.46. The summed E-state index contributed by atoms with van der Waals surface area (Å²) in [7, 11) is -0.906. The number of nitrogens with one attached hydrogen (secondary N) is 2. The number of piperazine rings is 1. The van der Waals surface area contributed by atoms with Crippen molar-refractivity contribution in [1.29, 1.82) is 0 Å². The van der Waals surface area contributed by atoms with E-state index in [1.165, 1.54) is 19.8 Å². The van der Waals surface area contributed by atoms with Gasteiger partial charge in [0.2, 0.25) is 10.0 Å². The lowest BCUT2D eigenvalue weighted by atomic mass is 9.88. The molecule has 0 saturated carbocycles. The average molecular weight is 579 g/mol. The van der Waals surface area contributed by atoms with Gasteiger partial charge in [0.05, 0.1) is 19.9 Å². The molecule has 2 aliphatic rings. The van der Waals surface area contributed by atoms with E-state index >= 15 is 0 Å². The zero-order valence-electron chi connectivity index (χ0n) is 23.9. The first-order chi connectivity index (χ1) is 19.8. The van der Waals surface area contributed by atoms with Crippen LogP contribution in [0.1, 0.15) is 47.3 Å². The van der Waals surface area contributed by atoms with E-state index in [0.29, 0.717) is 28.4 Å². The van der Waals surface area contributed by atoms with Crippen LogP contribution in [0, 0.1) is 0 Å². The summed E-state index contributed by atoms with van der Waals surface area (Å²) in [6, 6.07) is 17.7. The summed E-state index contributed by atoms with van der Waals surface area (Å²) in [5.74, 6) is 0.566. The van der Waals surface area contributed by atoms with Crippen LogP contribution in [0.15, 0.2) is 65.6 Å². The van der Waals surface area contributed by atoms with Crippen molar-refractivity contribution in [3.05, 3.63) is 77.4 Å². The number of nitrogens with zero attached hydrogens (tertiary/aromatic N) is 2. The molecule has 9 nitrogen and oxygen atoms in total. The molecule has 10 heteroatoms. The van der Waals surface area contributed by atoms with Gasteiger partial charge in [0.25, 0.3) is 5.91 Å². The fourth-order valence-corrected chi connectivity index (χ4v) is 7.14. The second kappa shape index (κ2) is 12.5. The number of fused-ring (bicyclic) bond motifs is 1. The van der Waals surface area contributed by atoms with Crippen molar-refractivity contribution in [3.8, 4) is 11.5 Å². The van der Waals surface area contributed by atoms with Gasteiger partial charge in [0, 0.05) is 49.5 Å². The lowest BCUT2D eigenvalue weighted by Gasteiger charge is -2.36. The second-order valence-corrected chi connectivity index (χ2v) is 12.1. The Labute approximate surface area is 242 Å². The van der Waals surface area contributed by atoms with Crippen LogP contribution in [0.4, 0.5) is 11.4 Å². The summed E-state index contributed by atoms with van der Waals surface area (Å²) in [5, 5.41) is 2.87. The number of anilines is 2. The standard InChI is InChI=1S/C31H38N4O5S/c1-4-34-14-16-35(17-15-34)29-13-12-24(32-31(36)23-18-25(39-2)21-26(19-23)40-3)20-30(29)41(37,38)33-28-11-7-9-22-8-5-6-10-27(22)28/h5-6,8,10,12-13,18-21,28,33H,4,7,9,11,14-17H2,1-3H3,(H,32,36). The molecular formula is C31H38N4O5S. The van der Waals surface area contributed by atoms with Crippen molar-refractivity contribution in [2.45, 2.75) is 37.1 Å². The van der Waals surface area contributed by atoms with E-state index < -0.39 is 15.9 Å². The van der Waals surface area contributed by atoms with E-state index in [2.05, 4.69) is 32.8 Å². The number of hydrogen-bond donors (Lipinski definition) is 2. The van der Waals surface area contributed by atoms with E-state index in [1.54, 1.807) is 36.4 Å². The summed E-state index contributed by atoms with van der Waals surface area (Å²) in [6.45, 7) is 6.25. The SMILES string of the molecule is CCN1CCN(c2ccc(NC(=O)c3cc(OC)cc(OC)c3)cc2S(=O)(=O)NC2CCCc3ccccc32)CC1. The molecule has 218 valence electrons. The van der Waals surface area contributed by atoms with Crippen molar-refractivity contribution < 1.29 is 22.7 Å². The molecule has 0 aromatic heterocycles. The first-order valence-electron chi connectivity index (χ1n) is 14.1. The topological polar surface area (TPSA) is 100 Å². The minimum atomic E-state index is -3.94. The van der Waals surface area contributed by atoms with Crippen molar-refractivity contribution >= 4 is 27.3 Å². The zero-order chi connectivity index (χ0) is 29.0. The number of likely N-dealkylation sites (N-methyl/N-ethyl adjacent to an activating group) is 1. The average Bonchev–Trinajstić information content (AvgIpc) is 3.00. The second-order valence-electron chi connectivity index (χ2n) is 10.4. The molecule has 1 aliphatic heterocycles. The predicted molar refractivity (Wildman–Crippen MR) is 161 cm³/mol. The van der Waals surface area contributed by atoms with E-state index in [-0.39, 0.29) is 10.9 Å². The summed E-state index contributed by atoms with van der Waals surface area (Å²) >= 11 is 0. The van der Waals surface area contributed by atoms with Crippen molar-refractivity contribution in [2.24, 2.45) is 0 Å². The van der Waals surface area contributed by atoms with Crippen LogP contribution >= 0.6 is 0 Å². The van der Waals surface area contributed by atoms with Gasteiger partial charge in [-0.1, -0.05) is 31.2 Å². The number of carbonyl (C=O) groups excluding carboxylic acids is 1. The van der Waals surface area contributed by atoms with Crippen LogP contribution in [-0.4, -0.2) is 66.2 Å². The third-order valence-electron chi connectivity index (χ3n) is 7.95. The van der Waals surface area contributed by atoms with Gasteiger partial charge in [-0.3, -0.25) is 4.79 Å². The van der Waals surface area contributed by atoms with Crippen LogP contribution in [0.5, 0.6) is 11.5 Å². The molecule has 0 bridgehead atoms. The Balaban J connectivity index is 1.47. The molecular weight excluding hydrogens is 540 g/mol. The van der Waals surface area contributed by atoms with E-state index in [4.69, 9.17) is 9.47 Å². The van der Waals surface area contributed by atoms with Crippen molar-refractivity contribution in [1.82, 2.24) is 9.62 Å². The number of carbonyl (C=O) groups is 1. The number of ether oxygens (including phenoxy) is 2. The summed E-state index contributed by atoms with van der Waals surface area (Å²) in [6.07, 6.45) is 2.59. The van der Waals surface area contributed by atoms with Gasteiger partial charge in [-0.05, 0) is 67.3 Å². The first kappa shape index (κ1) is 28.9. The minimum Gasteiger partial charge on any atom is -0.497 e. The molecule has 0 radical (unpaired) electrons. The molecule has 1 aliphatic carbocycles. The molecule has 2 N–H and O–H groups in total. The highest BCUT2D eigenvalue weighted by atomic mass is 32.2. The highest BCUT2D eigenvalue weighted by molar-refractivity contribution is 7.89. The quantitative estimate of drug-likeness (QED) is 0.387. The molecule has 3 aromatic carbocycles. The van der Waals surface area contributed by atoms with Gasteiger partial charge in [0.1, 0.15) is 16.4 Å². The minimum absolute atomic E-state index is 0.159. The molecule has 3 aromatic rings. The predicted octanol–water partition coefficient (Wildman–Crippen LogP) is 4.45. The van der Waals surface area contributed by atoms with E-state index in [0.717, 1.165) is 57.5 Å². The number of benzene rings is 3. The first-order valence-corrected chi connectivity index (χ1v) is 15.6. The van der Waals surface area contributed by atoms with Gasteiger partial charge in [-0.15, -0.1) is 0 Å². The fourth-order valence-electron chi connectivity index (χ4n) is 5.64. The molecule has 41 heavy (non-hydrogen) atoms. The van der Waals surface area contributed by atoms with Crippen molar-refractivity contribution in [3.63, 3.8) is 0 Å². The molecule has 5 rings (SSSR count). The Morgan fingerprint density at radius 1 is 0.951 bits per heavy atom. The third kappa shape index (κ3) is 6.50. The van der Waals surface area contributed by atoms with Crippen LogP contribution in [0.25, 0.3) is 0 Å². The normalized spacial score (nSPS) is 17.5. The fraction of sp³-hybridized carbons (Fsp3) is 0.387. The monoisotopic (exact) mass is 578 g/mol. The van der Waals surface area contributed by atoms with E-state index in [1.807, 2.05) is 18.2 Å². The Hall–Kier alpha value is -3.60. The van der Waals surface area contributed by atoms with Gasteiger partial charge < -0.3 is 24.6 Å². The highest BCUT2D eigenvalue weighted by Gasteiger charge is 2.30. The van der Waals surface area contributed by atoms with Gasteiger partial charge in [-0.2, -0.15) is 0 Å².